The van der Waals surface area contributed by atoms with Crippen LogP contribution in [0.2, 0.25) is 14.8 Å². The van der Waals surface area contributed by atoms with Crippen LogP contribution in [0, 0.1) is 5.92 Å². The third-order valence-corrected chi connectivity index (χ3v) is 14.5. The Hall–Kier alpha value is -0.711. The zero-order valence-corrected chi connectivity index (χ0v) is 20.6. The molecule has 0 saturated heterocycles. The van der Waals surface area contributed by atoms with E-state index in [4.69, 9.17) is 4.74 Å². The monoisotopic (exact) mass is 467 g/mol. The van der Waals surface area contributed by atoms with Crippen molar-refractivity contribution in [1.82, 2.24) is 4.90 Å². The van der Waals surface area contributed by atoms with Gasteiger partial charge in [-0.2, -0.15) is 0 Å². The maximum absolute atomic E-state index is 13.4. The van der Waals surface area contributed by atoms with E-state index < -0.39 is 22.0 Å². The van der Waals surface area contributed by atoms with Crippen molar-refractivity contribution in [2.45, 2.75) is 83.9 Å². The van der Waals surface area contributed by atoms with Crippen LogP contribution in [0.1, 0.15) is 58.9 Å². The van der Waals surface area contributed by atoms with E-state index in [1.807, 2.05) is 4.90 Å². The van der Waals surface area contributed by atoms with E-state index in [0.717, 1.165) is 0 Å². The van der Waals surface area contributed by atoms with Crippen LogP contribution in [-0.4, -0.2) is 41.5 Å². The molecule has 146 valence electrons. The van der Waals surface area contributed by atoms with Crippen LogP contribution < -0.4 is 0 Å². The zero-order chi connectivity index (χ0) is 19.5. The van der Waals surface area contributed by atoms with Gasteiger partial charge in [-0.1, -0.05) is 0 Å². The van der Waals surface area contributed by atoms with Crippen LogP contribution in [0.25, 0.3) is 0 Å². The summed E-state index contributed by atoms with van der Waals surface area (Å²) in [6.07, 6.45) is 4.69. The van der Waals surface area contributed by atoms with Crippen molar-refractivity contribution >= 4 is 24.5 Å². The predicted molar refractivity (Wildman–Crippen MR) is 112 cm³/mol. The van der Waals surface area contributed by atoms with Crippen molar-refractivity contribution in [3.8, 4) is 0 Å². The van der Waals surface area contributed by atoms with E-state index >= 15 is 0 Å². The molecule has 1 unspecified atom stereocenters. The van der Waals surface area contributed by atoms with E-state index in [2.05, 4.69) is 72.8 Å². The molecule has 1 saturated carbocycles. The minimum absolute atomic E-state index is 0.134. The van der Waals surface area contributed by atoms with Crippen molar-refractivity contribution in [2.24, 2.45) is 5.92 Å². The standard InChI is InChI=1S/C19H28NO2.3CH3.Sn/c1-14(2)20(15(3)4)19(21)22-18(17-12-8-9-13-17)16-10-6-5-7-11-16;;;;/h5-7,10-11,14-15,17H,8-9,12-13H2,1-4H3;3*1H3;. The fourth-order valence-corrected chi connectivity index (χ4v) is 13.2. The molecule has 1 aliphatic carbocycles. The summed E-state index contributed by atoms with van der Waals surface area (Å²) >= 11 is -2.76. The van der Waals surface area contributed by atoms with E-state index in [-0.39, 0.29) is 18.2 Å². The van der Waals surface area contributed by atoms with Crippen molar-refractivity contribution in [1.29, 1.82) is 0 Å². The molecule has 1 aromatic rings. The topological polar surface area (TPSA) is 29.5 Å². The Morgan fingerprint density at radius 1 is 1.04 bits per heavy atom. The predicted octanol–water partition coefficient (Wildman–Crippen LogP) is 6.20. The van der Waals surface area contributed by atoms with E-state index in [0.29, 0.717) is 5.92 Å². The van der Waals surface area contributed by atoms with Crippen LogP contribution in [0.4, 0.5) is 4.79 Å². The number of rotatable bonds is 6. The van der Waals surface area contributed by atoms with Gasteiger partial charge in [-0.05, 0) is 0 Å². The quantitative estimate of drug-likeness (QED) is 0.467. The number of carbonyl (C=O) groups is 1. The molecule has 0 bridgehead atoms. The molecular weight excluding hydrogens is 429 g/mol. The number of carbonyl (C=O) groups excluding carboxylic acids is 1. The second-order valence-electron chi connectivity index (χ2n) is 9.30. The van der Waals surface area contributed by atoms with E-state index in [1.165, 1.54) is 31.2 Å². The fourth-order valence-electron chi connectivity index (χ4n) is 4.80. The first-order valence-corrected chi connectivity index (χ1v) is 20.2. The first-order valence-electron chi connectivity index (χ1n) is 10.2. The summed E-state index contributed by atoms with van der Waals surface area (Å²) in [4.78, 5) is 22.5. The average molecular weight is 466 g/mol. The first kappa shape index (κ1) is 21.6. The molecule has 0 heterocycles. The molecule has 3 nitrogen and oxygen atoms in total. The zero-order valence-electron chi connectivity index (χ0n) is 17.7. The third kappa shape index (κ3) is 4.23. The number of nitrogens with zero attached hydrogens (tertiary/aromatic N) is 1. The van der Waals surface area contributed by atoms with E-state index in [1.54, 1.807) is 0 Å². The molecule has 0 radical (unpaired) electrons. The van der Waals surface area contributed by atoms with Gasteiger partial charge in [0, 0.05) is 0 Å². The maximum atomic E-state index is 13.4. The number of amides is 1. The molecule has 1 fully saturated rings. The molecule has 0 N–H and O–H groups in total. The first-order chi connectivity index (χ1) is 12.1. The van der Waals surface area contributed by atoms with Gasteiger partial charge in [0.1, 0.15) is 0 Å². The van der Waals surface area contributed by atoms with E-state index in [9.17, 15) is 4.79 Å². The third-order valence-electron chi connectivity index (χ3n) is 5.82. The van der Waals surface area contributed by atoms with Crippen LogP contribution in [0.15, 0.2) is 30.3 Å². The van der Waals surface area contributed by atoms with Gasteiger partial charge < -0.3 is 0 Å². The van der Waals surface area contributed by atoms with Gasteiger partial charge in [0.15, 0.2) is 0 Å². The summed E-state index contributed by atoms with van der Waals surface area (Å²) in [6, 6.07) is 10.9. The second-order valence-corrected chi connectivity index (χ2v) is 24.3. The Bertz CT molecular complexity index is 580. The van der Waals surface area contributed by atoms with Crippen LogP contribution in [0.3, 0.4) is 0 Å². The molecule has 26 heavy (non-hydrogen) atoms. The molecule has 1 amide bonds. The van der Waals surface area contributed by atoms with Crippen molar-refractivity contribution in [3.05, 3.63) is 35.9 Å². The summed E-state index contributed by atoms with van der Waals surface area (Å²) in [5.74, 6) is 0.450. The molecule has 1 atom stereocenters. The molecule has 2 rings (SSSR count). The Morgan fingerprint density at radius 3 is 1.96 bits per heavy atom. The Balaban J connectivity index is 2.54. The molecule has 4 heteroatoms. The summed E-state index contributed by atoms with van der Waals surface area (Å²) in [7, 11) is 0. The van der Waals surface area contributed by atoms with Crippen molar-refractivity contribution < 1.29 is 9.53 Å². The number of benzene rings is 1. The van der Waals surface area contributed by atoms with Crippen LogP contribution >= 0.6 is 0 Å². The minimum atomic E-state index is -2.76. The summed E-state index contributed by atoms with van der Waals surface area (Å²) in [5.41, 5.74) is 1.22. The SMILES string of the molecule is CC(C)N(C(=O)O[C](c1ccccc1)(C1CCCC1)[Sn]([CH3])([CH3])[CH3])C(C)C. The van der Waals surface area contributed by atoms with Gasteiger partial charge in [0.05, 0.1) is 0 Å². The number of ether oxygens (including phenoxy) is 1. The average Bonchev–Trinajstić information content (AvgIpc) is 3.06. The molecule has 0 aromatic heterocycles. The fraction of sp³-hybridized carbons (Fsp3) is 0.682. The Kier molecular flexibility index (Phi) is 7.09. The summed E-state index contributed by atoms with van der Waals surface area (Å²) in [6.45, 7) is 8.28. The second kappa shape index (κ2) is 8.53. The van der Waals surface area contributed by atoms with Crippen molar-refractivity contribution in [2.75, 3.05) is 0 Å². The summed E-state index contributed by atoms with van der Waals surface area (Å²) < 4.78 is 6.24. The number of hydrogen-bond acceptors (Lipinski definition) is 2. The van der Waals surface area contributed by atoms with Crippen LogP contribution in [0.5, 0.6) is 0 Å². The van der Waals surface area contributed by atoms with Gasteiger partial charge in [0.25, 0.3) is 0 Å². The van der Waals surface area contributed by atoms with Gasteiger partial charge in [-0.25, -0.2) is 0 Å². The van der Waals surface area contributed by atoms with Gasteiger partial charge in [-0.15, -0.1) is 0 Å². The van der Waals surface area contributed by atoms with Gasteiger partial charge in [-0.3, -0.25) is 0 Å². The molecular formula is C22H37NO2Sn. The van der Waals surface area contributed by atoms with Gasteiger partial charge >= 0.3 is 165 Å². The molecule has 0 aliphatic heterocycles. The Labute approximate surface area is 164 Å². The van der Waals surface area contributed by atoms with Crippen molar-refractivity contribution in [3.63, 3.8) is 0 Å². The molecule has 1 aliphatic rings. The molecule has 0 spiro atoms. The van der Waals surface area contributed by atoms with Gasteiger partial charge in [0.2, 0.25) is 0 Å². The molecule has 1 aromatic carbocycles. The number of hydrogen-bond donors (Lipinski definition) is 0. The normalized spacial score (nSPS) is 18.2. The Morgan fingerprint density at radius 2 is 1.54 bits per heavy atom. The summed E-state index contributed by atoms with van der Waals surface area (Å²) in [5, 5.41) is 0. The van der Waals surface area contributed by atoms with Crippen LogP contribution in [-0.2, 0) is 8.35 Å².